The molecule has 0 aliphatic carbocycles. The highest BCUT2D eigenvalue weighted by Crippen LogP contribution is 2.26. The maximum Gasteiger partial charge on any atom is 0.341 e. The van der Waals surface area contributed by atoms with Crippen LogP contribution in [0.1, 0.15) is 21.5 Å². The largest absolute Gasteiger partial charge is 0.477 e. The van der Waals surface area contributed by atoms with Crippen molar-refractivity contribution in [1.29, 1.82) is 0 Å². The van der Waals surface area contributed by atoms with Gasteiger partial charge in [0.1, 0.15) is 11.4 Å². The standard InChI is InChI=1S/C22H22FN3O3/c1-14-2-4-15(5-3-14)12-26-13-17(22(28)29)21(27)16-10-18(23)20(11-19(16)26)25-8-6-24-7-9-25/h2-5,10-11,13,24H,6-9,12H2,1H3,(H,28,29). The Morgan fingerprint density at radius 3 is 2.52 bits per heavy atom. The van der Waals surface area contributed by atoms with Gasteiger partial charge in [-0.25, -0.2) is 9.18 Å². The number of anilines is 1. The Hall–Kier alpha value is -3.19. The van der Waals surface area contributed by atoms with Crippen LogP contribution in [0.2, 0.25) is 0 Å². The second-order valence-electron chi connectivity index (χ2n) is 7.35. The Bertz CT molecular complexity index is 1130. The molecule has 1 aliphatic heterocycles. The Kier molecular flexibility index (Phi) is 5.07. The van der Waals surface area contributed by atoms with Gasteiger partial charge in [-0.05, 0) is 24.6 Å². The lowest BCUT2D eigenvalue weighted by molar-refractivity contribution is 0.0695. The van der Waals surface area contributed by atoms with Gasteiger partial charge in [0.05, 0.1) is 11.2 Å². The maximum absolute atomic E-state index is 14.9. The van der Waals surface area contributed by atoms with Crippen LogP contribution in [0, 0.1) is 12.7 Å². The van der Waals surface area contributed by atoms with E-state index in [1.54, 1.807) is 10.6 Å². The SMILES string of the molecule is Cc1ccc(Cn2cc(C(=O)O)c(=O)c3cc(F)c(N4CCNCC4)cc32)cc1. The van der Waals surface area contributed by atoms with Crippen LogP contribution in [0.4, 0.5) is 10.1 Å². The number of aromatic nitrogens is 1. The molecule has 0 spiro atoms. The van der Waals surface area contributed by atoms with Crippen molar-refractivity contribution in [3.8, 4) is 0 Å². The van der Waals surface area contributed by atoms with Crippen LogP contribution in [-0.4, -0.2) is 41.8 Å². The van der Waals surface area contributed by atoms with Gasteiger partial charge in [0.25, 0.3) is 0 Å². The van der Waals surface area contributed by atoms with Gasteiger partial charge in [0.15, 0.2) is 0 Å². The van der Waals surface area contributed by atoms with E-state index in [-0.39, 0.29) is 10.9 Å². The first kappa shape index (κ1) is 19.1. The van der Waals surface area contributed by atoms with Gasteiger partial charge in [-0.3, -0.25) is 4.79 Å². The lowest BCUT2D eigenvalue weighted by Crippen LogP contribution is -2.43. The Morgan fingerprint density at radius 1 is 1.17 bits per heavy atom. The number of carbonyl (C=O) groups is 1. The number of aromatic carboxylic acids is 1. The first-order valence-electron chi connectivity index (χ1n) is 9.55. The van der Waals surface area contributed by atoms with E-state index in [1.165, 1.54) is 12.3 Å². The minimum Gasteiger partial charge on any atom is -0.477 e. The third-order valence-electron chi connectivity index (χ3n) is 5.31. The number of carboxylic acids is 1. The molecule has 2 aromatic carbocycles. The van der Waals surface area contributed by atoms with Crippen molar-refractivity contribution >= 4 is 22.6 Å². The third-order valence-corrected chi connectivity index (χ3v) is 5.31. The number of benzene rings is 2. The fourth-order valence-corrected chi connectivity index (χ4v) is 3.72. The molecule has 1 fully saturated rings. The Labute approximate surface area is 167 Å². The van der Waals surface area contributed by atoms with Crippen LogP contribution < -0.4 is 15.6 Å². The lowest BCUT2D eigenvalue weighted by atomic mass is 10.1. The van der Waals surface area contributed by atoms with E-state index in [2.05, 4.69) is 5.32 Å². The molecule has 6 nitrogen and oxygen atoms in total. The fourth-order valence-electron chi connectivity index (χ4n) is 3.72. The van der Waals surface area contributed by atoms with Gasteiger partial charge in [0.2, 0.25) is 5.43 Å². The van der Waals surface area contributed by atoms with Crippen molar-refractivity contribution in [3.63, 3.8) is 0 Å². The monoisotopic (exact) mass is 395 g/mol. The van der Waals surface area contributed by atoms with Crippen LogP contribution in [0.25, 0.3) is 10.9 Å². The quantitative estimate of drug-likeness (QED) is 0.710. The van der Waals surface area contributed by atoms with Crippen LogP contribution in [0.3, 0.4) is 0 Å². The average molecular weight is 395 g/mol. The molecule has 1 aliphatic rings. The first-order valence-corrected chi connectivity index (χ1v) is 9.55. The molecule has 0 unspecified atom stereocenters. The molecule has 0 bridgehead atoms. The number of carboxylic acid groups (broad SMARTS) is 1. The normalized spacial score (nSPS) is 14.3. The highest BCUT2D eigenvalue weighted by molar-refractivity contribution is 5.93. The molecule has 150 valence electrons. The number of pyridine rings is 1. The zero-order valence-electron chi connectivity index (χ0n) is 16.1. The average Bonchev–Trinajstić information content (AvgIpc) is 2.72. The number of fused-ring (bicyclic) bond motifs is 1. The lowest BCUT2D eigenvalue weighted by Gasteiger charge is -2.30. The van der Waals surface area contributed by atoms with Crippen molar-refractivity contribution < 1.29 is 14.3 Å². The molecule has 2 N–H and O–H groups in total. The molecule has 0 radical (unpaired) electrons. The predicted octanol–water partition coefficient (Wildman–Crippen LogP) is 2.61. The Balaban J connectivity index is 1.90. The molecule has 7 heteroatoms. The third kappa shape index (κ3) is 3.73. The molecule has 1 saturated heterocycles. The van der Waals surface area contributed by atoms with Gasteiger partial charge >= 0.3 is 5.97 Å². The molecular weight excluding hydrogens is 373 g/mol. The minimum absolute atomic E-state index is 0.0772. The number of halogens is 1. The molecule has 2 heterocycles. The summed E-state index contributed by atoms with van der Waals surface area (Å²) >= 11 is 0. The van der Waals surface area contributed by atoms with E-state index in [0.717, 1.165) is 24.2 Å². The van der Waals surface area contributed by atoms with E-state index in [0.29, 0.717) is 30.8 Å². The summed E-state index contributed by atoms with van der Waals surface area (Å²) < 4.78 is 16.6. The summed E-state index contributed by atoms with van der Waals surface area (Å²) in [6.45, 7) is 5.21. The summed E-state index contributed by atoms with van der Waals surface area (Å²) in [5, 5.41) is 12.8. The second-order valence-corrected chi connectivity index (χ2v) is 7.35. The summed E-state index contributed by atoms with van der Waals surface area (Å²) in [4.78, 5) is 26.2. The van der Waals surface area contributed by atoms with Crippen molar-refractivity contribution in [1.82, 2.24) is 9.88 Å². The summed E-state index contributed by atoms with van der Waals surface area (Å²) in [7, 11) is 0. The number of hydrogen-bond acceptors (Lipinski definition) is 4. The van der Waals surface area contributed by atoms with Crippen LogP contribution in [0.5, 0.6) is 0 Å². The van der Waals surface area contributed by atoms with Gasteiger partial charge in [-0.1, -0.05) is 29.8 Å². The molecular formula is C22H22FN3O3. The number of rotatable bonds is 4. The molecule has 0 saturated carbocycles. The zero-order chi connectivity index (χ0) is 20.5. The van der Waals surface area contributed by atoms with Gasteiger partial charge < -0.3 is 19.9 Å². The zero-order valence-corrected chi connectivity index (χ0v) is 16.1. The highest BCUT2D eigenvalue weighted by atomic mass is 19.1. The van der Waals surface area contributed by atoms with Crippen molar-refractivity contribution in [2.75, 3.05) is 31.1 Å². The molecule has 4 rings (SSSR count). The first-order chi connectivity index (χ1) is 13.9. The number of nitrogens with zero attached hydrogens (tertiary/aromatic N) is 2. The molecule has 29 heavy (non-hydrogen) atoms. The summed E-state index contributed by atoms with van der Waals surface area (Å²) in [6, 6.07) is 10.7. The van der Waals surface area contributed by atoms with Crippen molar-refractivity contribution in [2.24, 2.45) is 0 Å². The Morgan fingerprint density at radius 2 is 1.86 bits per heavy atom. The molecule has 0 amide bonds. The van der Waals surface area contributed by atoms with Crippen LogP contribution in [-0.2, 0) is 6.54 Å². The second kappa shape index (κ2) is 7.67. The van der Waals surface area contributed by atoms with E-state index in [1.807, 2.05) is 36.1 Å². The minimum atomic E-state index is -1.32. The number of nitrogens with one attached hydrogen (secondary N) is 1. The van der Waals surface area contributed by atoms with Crippen molar-refractivity contribution in [2.45, 2.75) is 13.5 Å². The van der Waals surface area contributed by atoms with Gasteiger partial charge in [0, 0.05) is 44.3 Å². The van der Waals surface area contributed by atoms with E-state index >= 15 is 0 Å². The number of aryl methyl sites for hydroxylation is 1. The van der Waals surface area contributed by atoms with Crippen LogP contribution in [0.15, 0.2) is 47.4 Å². The van der Waals surface area contributed by atoms with E-state index in [9.17, 15) is 19.1 Å². The topological polar surface area (TPSA) is 74.6 Å². The van der Waals surface area contributed by atoms with E-state index < -0.39 is 17.2 Å². The smallest absolute Gasteiger partial charge is 0.341 e. The predicted molar refractivity (Wildman–Crippen MR) is 110 cm³/mol. The maximum atomic E-state index is 14.9. The van der Waals surface area contributed by atoms with E-state index in [4.69, 9.17) is 0 Å². The molecule has 0 atom stereocenters. The summed E-state index contributed by atoms with van der Waals surface area (Å²) in [6.07, 6.45) is 1.35. The van der Waals surface area contributed by atoms with Crippen LogP contribution >= 0.6 is 0 Å². The number of hydrogen-bond donors (Lipinski definition) is 2. The van der Waals surface area contributed by atoms with Crippen molar-refractivity contribution in [3.05, 3.63) is 75.3 Å². The van der Waals surface area contributed by atoms with Gasteiger partial charge in [-0.15, -0.1) is 0 Å². The summed E-state index contributed by atoms with van der Waals surface area (Å²) in [5.74, 6) is -1.83. The summed E-state index contributed by atoms with van der Waals surface area (Å²) in [5.41, 5.74) is 2.00. The van der Waals surface area contributed by atoms with Gasteiger partial charge in [-0.2, -0.15) is 0 Å². The molecule has 3 aromatic rings. The fraction of sp³-hybridized carbons (Fsp3) is 0.273. The molecule has 1 aromatic heterocycles. The highest BCUT2D eigenvalue weighted by Gasteiger charge is 2.20. The number of piperazine rings is 1.